The second kappa shape index (κ2) is 6.90. The summed E-state index contributed by atoms with van der Waals surface area (Å²) in [6, 6.07) is 4.70. The maximum absolute atomic E-state index is 13.0. The maximum atomic E-state index is 13.0. The zero-order chi connectivity index (χ0) is 19.8. The van der Waals surface area contributed by atoms with Gasteiger partial charge in [0.1, 0.15) is 0 Å². The summed E-state index contributed by atoms with van der Waals surface area (Å²) in [4.78, 5) is 25.9. The number of amides is 2. The van der Waals surface area contributed by atoms with Gasteiger partial charge in [-0.25, -0.2) is 0 Å². The van der Waals surface area contributed by atoms with Crippen LogP contribution in [0.1, 0.15) is 28.0 Å². The summed E-state index contributed by atoms with van der Waals surface area (Å²) >= 11 is 0. The minimum absolute atomic E-state index is 0.207. The minimum atomic E-state index is -4.68. The molecule has 1 aliphatic rings. The highest BCUT2D eigenvalue weighted by Gasteiger charge is 2.37. The molecule has 1 aromatic carbocycles. The van der Waals surface area contributed by atoms with Crippen LogP contribution in [0.3, 0.4) is 0 Å². The van der Waals surface area contributed by atoms with Crippen LogP contribution in [0, 0.1) is 0 Å². The highest BCUT2D eigenvalue weighted by molar-refractivity contribution is 6.06. The van der Waals surface area contributed by atoms with Crippen LogP contribution >= 0.6 is 0 Å². The molecule has 0 saturated carbocycles. The van der Waals surface area contributed by atoms with Gasteiger partial charge in [0.25, 0.3) is 5.91 Å². The average Bonchev–Trinajstić information content (AvgIpc) is 3.00. The Kier molecular flexibility index (Phi) is 4.77. The van der Waals surface area contributed by atoms with Crippen LogP contribution in [0.15, 0.2) is 37.1 Å². The molecular formula is C18H17F3N4O2. The van der Waals surface area contributed by atoms with Crippen molar-refractivity contribution in [3.8, 4) is 0 Å². The lowest BCUT2D eigenvalue weighted by atomic mass is 9.98. The molecule has 1 N–H and O–H groups in total. The maximum Gasteiger partial charge on any atom is 0.437 e. The van der Waals surface area contributed by atoms with E-state index in [2.05, 4.69) is 17.0 Å². The number of carbonyl (C=O) groups excluding carboxylic acids is 2. The van der Waals surface area contributed by atoms with Crippen LogP contribution in [0.5, 0.6) is 0 Å². The van der Waals surface area contributed by atoms with E-state index in [1.165, 1.54) is 19.2 Å². The van der Waals surface area contributed by atoms with Crippen molar-refractivity contribution < 1.29 is 22.8 Å². The molecule has 2 aromatic rings. The first kappa shape index (κ1) is 18.7. The first-order chi connectivity index (χ1) is 12.7. The Balaban J connectivity index is 1.87. The Morgan fingerprint density at radius 3 is 2.74 bits per heavy atom. The molecule has 9 heteroatoms. The van der Waals surface area contributed by atoms with Gasteiger partial charge in [-0.2, -0.15) is 18.3 Å². The number of anilines is 2. The quantitative estimate of drug-likeness (QED) is 0.835. The Morgan fingerprint density at radius 2 is 2.07 bits per heavy atom. The van der Waals surface area contributed by atoms with Crippen molar-refractivity contribution in [3.63, 3.8) is 0 Å². The first-order valence-corrected chi connectivity index (χ1v) is 8.19. The molecule has 0 saturated heterocycles. The molecule has 2 heterocycles. The van der Waals surface area contributed by atoms with Crippen molar-refractivity contribution in [2.24, 2.45) is 7.05 Å². The van der Waals surface area contributed by atoms with Gasteiger partial charge in [0, 0.05) is 31.0 Å². The van der Waals surface area contributed by atoms with Gasteiger partial charge in [-0.05, 0) is 42.7 Å². The number of nitrogens with one attached hydrogen (secondary N) is 1. The minimum Gasteiger partial charge on any atom is -0.319 e. The van der Waals surface area contributed by atoms with Gasteiger partial charge in [0.05, 0.1) is 5.69 Å². The molecule has 0 radical (unpaired) electrons. The van der Waals surface area contributed by atoms with Crippen LogP contribution in [0.2, 0.25) is 0 Å². The topological polar surface area (TPSA) is 67.2 Å². The van der Waals surface area contributed by atoms with Crippen LogP contribution in [-0.2, 0) is 24.4 Å². The molecule has 0 bridgehead atoms. The third-order valence-electron chi connectivity index (χ3n) is 4.25. The Labute approximate surface area is 153 Å². The lowest BCUT2D eigenvalue weighted by Gasteiger charge is -2.28. The van der Waals surface area contributed by atoms with Crippen molar-refractivity contribution in [2.45, 2.75) is 19.0 Å². The lowest BCUT2D eigenvalue weighted by molar-refractivity contribution is -0.140. The van der Waals surface area contributed by atoms with E-state index < -0.39 is 23.5 Å². The predicted molar refractivity (Wildman–Crippen MR) is 93.5 cm³/mol. The van der Waals surface area contributed by atoms with E-state index in [1.807, 2.05) is 0 Å². The number of nitrogens with zero attached hydrogens (tertiary/aromatic N) is 3. The number of carbonyl (C=O) groups is 2. The summed E-state index contributed by atoms with van der Waals surface area (Å²) < 4.78 is 40.0. The summed E-state index contributed by atoms with van der Waals surface area (Å²) in [5.41, 5.74) is 0.111. The van der Waals surface area contributed by atoms with Crippen LogP contribution in [0.25, 0.3) is 0 Å². The van der Waals surface area contributed by atoms with Gasteiger partial charge >= 0.3 is 6.18 Å². The normalized spacial score (nSPS) is 13.9. The van der Waals surface area contributed by atoms with E-state index in [0.717, 1.165) is 22.9 Å². The van der Waals surface area contributed by atoms with Gasteiger partial charge in [-0.1, -0.05) is 6.58 Å². The molecule has 0 unspecified atom stereocenters. The summed E-state index contributed by atoms with van der Waals surface area (Å²) in [5.74, 6) is -0.915. The van der Waals surface area contributed by atoms with E-state index >= 15 is 0 Å². The number of aryl methyl sites for hydroxylation is 2. The Morgan fingerprint density at radius 1 is 1.33 bits per heavy atom. The number of hydrogen-bond donors (Lipinski definition) is 1. The number of fused-ring (bicyclic) bond motifs is 1. The predicted octanol–water partition coefficient (Wildman–Crippen LogP) is 3.16. The molecule has 0 atom stereocenters. The van der Waals surface area contributed by atoms with Crippen LogP contribution < -0.4 is 10.2 Å². The summed E-state index contributed by atoms with van der Waals surface area (Å²) in [6.45, 7) is 4.03. The van der Waals surface area contributed by atoms with E-state index in [1.54, 1.807) is 17.0 Å². The molecule has 1 aromatic heterocycles. The molecule has 0 spiro atoms. The van der Waals surface area contributed by atoms with Gasteiger partial charge < -0.3 is 10.2 Å². The molecule has 3 rings (SSSR count). The van der Waals surface area contributed by atoms with Crippen molar-refractivity contribution in [1.29, 1.82) is 0 Å². The average molecular weight is 378 g/mol. The zero-order valence-electron chi connectivity index (χ0n) is 14.5. The van der Waals surface area contributed by atoms with Crippen LogP contribution in [-0.4, -0.2) is 28.1 Å². The smallest absolute Gasteiger partial charge is 0.319 e. The van der Waals surface area contributed by atoms with E-state index in [-0.39, 0.29) is 11.5 Å². The zero-order valence-corrected chi connectivity index (χ0v) is 14.5. The lowest BCUT2D eigenvalue weighted by Crippen LogP contribution is -2.34. The molecule has 27 heavy (non-hydrogen) atoms. The van der Waals surface area contributed by atoms with Crippen molar-refractivity contribution in [1.82, 2.24) is 9.78 Å². The molecule has 2 amide bonds. The molecule has 142 valence electrons. The third kappa shape index (κ3) is 3.71. The fraction of sp³-hybridized carbons (Fsp3) is 0.278. The number of benzene rings is 1. The van der Waals surface area contributed by atoms with E-state index in [0.29, 0.717) is 18.7 Å². The summed E-state index contributed by atoms with van der Waals surface area (Å²) in [5, 5.41) is 5.63. The first-order valence-electron chi connectivity index (χ1n) is 8.19. The van der Waals surface area contributed by atoms with Crippen molar-refractivity contribution in [3.05, 3.63) is 53.9 Å². The third-order valence-corrected chi connectivity index (χ3v) is 4.25. The van der Waals surface area contributed by atoms with Gasteiger partial charge in [0.15, 0.2) is 5.69 Å². The number of rotatable bonds is 3. The number of aromatic nitrogens is 2. The highest BCUT2D eigenvalue weighted by Crippen LogP contribution is 2.34. The summed E-state index contributed by atoms with van der Waals surface area (Å²) in [7, 11) is 1.34. The van der Waals surface area contributed by atoms with Gasteiger partial charge in [0.2, 0.25) is 5.91 Å². The van der Waals surface area contributed by atoms with E-state index in [4.69, 9.17) is 0 Å². The fourth-order valence-corrected chi connectivity index (χ4v) is 3.06. The second-order valence-corrected chi connectivity index (χ2v) is 6.16. The molecule has 6 nitrogen and oxygen atoms in total. The van der Waals surface area contributed by atoms with Gasteiger partial charge in [-0.3, -0.25) is 14.3 Å². The summed E-state index contributed by atoms with van der Waals surface area (Å²) in [6.07, 6.45) is -0.970. The van der Waals surface area contributed by atoms with Crippen molar-refractivity contribution >= 4 is 23.2 Å². The second-order valence-electron chi connectivity index (χ2n) is 6.16. The number of halogens is 3. The van der Waals surface area contributed by atoms with E-state index in [9.17, 15) is 22.8 Å². The monoisotopic (exact) mass is 378 g/mol. The molecular weight excluding hydrogens is 361 g/mol. The fourth-order valence-electron chi connectivity index (χ4n) is 3.06. The SMILES string of the molecule is C=CC(=O)N1CCCc2cc(C(=O)Nc3cn(C)nc3C(F)(F)F)ccc21. The van der Waals surface area contributed by atoms with Gasteiger partial charge in [-0.15, -0.1) is 0 Å². The largest absolute Gasteiger partial charge is 0.437 e. The van der Waals surface area contributed by atoms with Crippen molar-refractivity contribution in [2.75, 3.05) is 16.8 Å². The number of hydrogen-bond acceptors (Lipinski definition) is 3. The molecule has 1 aliphatic heterocycles. The standard InChI is InChI=1S/C18H17F3N4O2/c1-3-15(26)25-8-4-5-11-9-12(6-7-14(11)25)17(27)22-13-10-24(2)23-16(13)18(19,20)21/h3,6-7,9-10H,1,4-5,8H2,2H3,(H,22,27). The highest BCUT2D eigenvalue weighted by atomic mass is 19.4. The Bertz CT molecular complexity index is 918. The number of alkyl halides is 3. The molecule has 0 fully saturated rings. The molecule has 0 aliphatic carbocycles. The Hall–Kier alpha value is -3.10. The van der Waals surface area contributed by atoms with Crippen LogP contribution in [0.4, 0.5) is 24.5 Å².